The van der Waals surface area contributed by atoms with Gasteiger partial charge in [0.2, 0.25) is 0 Å². The highest BCUT2D eigenvalue weighted by atomic mass is 32.1. The van der Waals surface area contributed by atoms with Crippen molar-refractivity contribution in [3.63, 3.8) is 0 Å². The van der Waals surface area contributed by atoms with E-state index in [4.69, 9.17) is 6.42 Å². The van der Waals surface area contributed by atoms with E-state index in [-0.39, 0.29) is 0 Å². The van der Waals surface area contributed by atoms with Crippen LogP contribution in [0.2, 0.25) is 0 Å². The van der Waals surface area contributed by atoms with Gasteiger partial charge in [0.1, 0.15) is 0 Å². The first kappa shape index (κ1) is 60.9. The molecule has 0 atom stereocenters. The Labute approximate surface area is 570 Å². The minimum absolute atomic E-state index is 0.878. The second kappa shape index (κ2) is 27.7. The number of benzene rings is 13. The summed E-state index contributed by atoms with van der Waals surface area (Å²) in [6.07, 6.45) is 22.8. The lowest BCUT2D eigenvalue weighted by Crippen LogP contribution is -1.90. The van der Waals surface area contributed by atoms with E-state index in [0.29, 0.717) is 0 Å². The van der Waals surface area contributed by atoms with E-state index in [2.05, 4.69) is 290 Å². The van der Waals surface area contributed by atoms with Crippen molar-refractivity contribution in [1.82, 2.24) is 0 Å². The van der Waals surface area contributed by atoms with Crippen molar-refractivity contribution in [1.29, 1.82) is 0 Å². The van der Waals surface area contributed by atoms with Crippen molar-refractivity contribution < 1.29 is 0 Å². The predicted molar refractivity (Wildman–Crippen MR) is 420 cm³/mol. The van der Waals surface area contributed by atoms with E-state index in [9.17, 15) is 0 Å². The van der Waals surface area contributed by atoms with Crippen LogP contribution < -0.4 is 0 Å². The normalized spacial score (nSPS) is 10.9. The monoisotopic (exact) mass is 1260 g/mol. The van der Waals surface area contributed by atoms with Gasteiger partial charge in [0.15, 0.2) is 0 Å². The third-order valence-electron chi connectivity index (χ3n) is 19.2. The van der Waals surface area contributed by atoms with Crippen LogP contribution in [0.1, 0.15) is 108 Å². The summed E-state index contributed by atoms with van der Waals surface area (Å²) >= 11 is 3.92. The van der Waals surface area contributed by atoms with Crippen LogP contribution >= 0.6 is 22.7 Å². The smallest absolute Gasteiger partial charge is 0.0449 e. The molecule has 0 unspecified atom stereocenters. The van der Waals surface area contributed by atoms with Crippen LogP contribution in [-0.4, -0.2) is 0 Å². The Morgan fingerprint density at radius 1 is 0.281 bits per heavy atom. The van der Waals surface area contributed by atoms with E-state index >= 15 is 0 Å². The molecule has 0 aliphatic heterocycles. The Bertz CT molecular complexity index is 6370. The lowest BCUT2D eigenvalue weighted by atomic mass is 9.89. The zero-order valence-electron chi connectivity index (χ0n) is 54.0. The van der Waals surface area contributed by atoms with E-state index in [1.54, 1.807) is 0 Å². The quantitative estimate of drug-likeness (QED) is 0.0545. The summed E-state index contributed by atoms with van der Waals surface area (Å²) < 4.78 is 5.26. The minimum atomic E-state index is 0.878. The van der Waals surface area contributed by atoms with Crippen molar-refractivity contribution in [3.8, 4) is 118 Å². The number of aryl methyl sites for hydroxylation is 2. The van der Waals surface area contributed by atoms with Crippen LogP contribution in [0.25, 0.3) is 148 Å². The maximum absolute atomic E-state index is 5.08. The summed E-state index contributed by atoms with van der Waals surface area (Å²) in [5.74, 6) is 45.4. The Morgan fingerprint density at radius 3 is 1.18 bits per heavy atom. The molecule has 15 rings (SSSR count). The zero-order valence-corrected chi connectivity index (χ0v) is 55.7. The van der Waals surface area contributed by atoms with Gasteiger partial charge in [-0.05, 0) is 283 Å². The van der Waals surface area contributed by atoms with Gasteiger partial charge >= 0.3 is 0 Å². The minimum Gasteiger partial charge on any atom is -0.134 e. The SMILES string of the molecule is C#CC#CC#CC#CC#CC#CC#CC#CC#Cc1ccc2c(c1)c1ccccc1c1cc3sc4c(cc(-c5ccc6c7ccccc7c7cc(CCCCCCCC)ccc7c6c5)c5sc6cc7c8ccccc8c8cc(CCCCCCCC)ccc8c7cc6c54)c3cc21. The van der Waals surface area contributed by atoms with Crippen LogP contribution in [0, 0.1) is 107 Å². The lowest BCUT2D eigenvalue weighted by molar-refractivity contribution is 0.607. The third kappa shape index (κ3) is 11.9. The van der Waals surface area contributed by atoms with Gasteiger partial charge in [0, 0.05) is 51.5 Å². The molecule has 0 saturated carbocycles. The molecule has 2 heterocycles. The molecule has 2 heteroatoms. The number of unbranched alkanes of at least 4 members (excludes halogenated alkanes) is 10. The van der Waals surface area contributed by atoms with Crippen molar-refractivity contribution in [3.05, 3.63) is 193 Å². The van der Waals surface area contributed by atoms with Gasteiger partial charge in [0.05, 0.1) is 0 Å². The summed E-state index contributed by atoms with van der Waals surface area (Å²) in [4.78, 5) is 0. The summed E-state index contributed by atoms with van der Waals surface area (Å²) in [7, 11) is 0. The highest BCUT2D eigenvalue weighted by Gasteiger charge is 2.23. The summed E-state index contributed by atoms with van der Waals surface area (Å²) in [6, 6.07) is 68.3. The van der Waals surface area contributed by atoms with Crippen LogP contribution in [0.5, 0.6) is 0 Å². The summed E-state index contributed by atoms with van der Waals surface area (Å²) in [5.41, 5.74) is 6.25. The number of terminal acetylenes is 1. The third-order valence-corrected chi connectivity index (χ3v) is 21.5. The average molecular weight is 1260 g/mol. The number of rotatable bonds is 15. The van der Waals surface area contributed by atoms with Crippen molar-refractivity contribution in [2.45, 2.75) is 104 Å². The average Bonchev–Trinajstić information content (AvgIpc) is 1.50. The fourth-order valence-electron chi connectivity index (χ4n) is 14.6. The Kier molecular flexibility index (Phi) is 17.6. The topological polar surface area (TPSA) is 0 Å². The number of hydrogen-bond acceptors (Lipinski definition) is 2. The van der Waals surface area contributed by atoms with Gasteiger partial charge in [-0.1, -0.05) is 211 Å². The largest absolute Gasteiger partial charge is 0.134 e. The van der Waals surface area contributed by atoms with Crippen molar-refractivity contribution in [2.24, 2.45) is 0 Å². The van der Waals surface area contributed by atoms with E-state index in [0.717, 1.165) is 23.8 Å². The first-order chi connectivity index (χ1) is 47.5. The number of hydrogen-bond donors (Lipinski definition) is 0. The molecule has 0 radical (unpaired) electrons. The molecule has 452 valence electrons. The van der Waals surface area contributed by atoms with Gasteiger partial charge in [-0.15, -0.1) is 29.1 Å². The molecular formula is C94H64S2. The van der Waals surface area contributed by atoms with Gasteiger partial charge in [-0.25, -0.2) is 0 Å². The second-order valence-corrected chi connectivity index (χ2v) is 27.2. The van der Waals surface area contributed by atoms with Gasteiger partial charge in [-0.2, -0.15) is 0 Å². The van der Waals surface area contributed by atoms with Gasteiger partial charge in [0.25, 0.3) is 0 Å². The lowest BCUT2D eigenvalue weighted by Gasteiger charge is -2.14. The molecule has 0 bridgehead atoms. The van der Waals surface area contributed by atoms with Crippen LogP contribution in [0.15, 0.2) is 176 Å². The Morgan fingerprint density at radius 2 is 0.656 bits per heavy atom. The zero-order chi connectivity index (χ0) is 64.7. The first-order valence-corrected chi connectivity index (χ1v) is 35.4. The highest BCUT2D eigenvalue weighted by molar-refractivity contribution is 7.30. The molecule has 0 aliphatic carbocycles. The van der Waals surface area contributed by atoms with Crippen LogP contribution in [0.4, 0.5) is 0 Å². The molecule has 0 saturated heterocycles. The number of fused-ring (bicyclic) bond motifs is 25. The Hall–Kier alpha value is -11.3. The molecule has 15 aromatic rings. The standard InChI is InChI=1S/C94H64S2/c1-4-7-10-13-16-17-18-19-20-21-22-23-24-25-28-31-40-66-48-52-76-80(56-66)70-43-34-36-45-72(70)85-62-90-87(60-83(76)85)88-59-78(67-50-54-74-68-41-32-33-42-69(68)79-55-64(38-29-26-14-11-8-5-2)47-51-75(79)82(74)58-67)93-92(94(88)95-90)89-61-84-77-53-49-65(39-30-27-15-12-9-6-3)57-81(77)71-44-35-37-46-73(71)86(84)63-91(89)96-93/h1,32-37,41-63H,5-6,8-9,11-12,14-15,26-27,29-30,38-39H2,2-3H3. The summed E-state index contributed by atoms with van der Waals surface area (Å²) in [6.45, 7) is 4.59. The second-order valence-electron chi connectivity index (χ2n) is 25.1. The Balaban J connectivity index is 0.901. The molecule has 0 nitrogen and oxygen atoms in total. The molecule has 96 heavy (non-hydrogen) atoms. The maximum atomic E-state index is 5.08. The molecule has 0 aliphatic rings. The molecule has 0 spiro atoms. The van der Waals surface area contributed by atoms with Crippen molar-refractivity contribution in [2.75, 3.05) is 0 Å². The van der Waals surface area contributed by atoms with E-state index in [1.807, 2.05) is 22.7 Å². The molecule has 2 aromatic heterocycles. The van der Waals surface area contributed by atoms with E-state index < -0.39 is 0 Å². The van der Waals surface area contributed by atoms with Crippen molar-refractivity contribution >= 4 is 160 Å². The van der Waals surface area contributed by atoms with Gasteiger partial charge in [-0.3, -0.25) is 0 Å². The molecular weight excluding hydrogens is 1190 g/mol. The van der Waals surface area contributed by atoms with Crippen LogP contribution in [0.3, 0.4) is 0 Å². The summed E-state index contributed by atoms with van der Waals surface area (Å²) in [5, 5.41) is 28.3. The molecule has 0 N–H and O–H groups in total. The predicted octanol–water partition coefficient (Wildman–Crippen LogP) is 24.3. The fourth-order valence-corrected chi connectivity index (χ4v) is 17.2. The first-order valence-electron chi connectivity index (χ1n) is 33.8. The number of thiophene rings is 2. The maximum Gasteiger partial charge on any atom is 0.0449 e. The molecule has 0 amide bonds. The van der Waals surface area contributed by atoms with Gasteiger partial charge < -0.3 is 0 Å². The highest BCUT2D eigenvalue weighted by Crippen LogP contribution is 2.52. The van der Waals surface area contributed by atoms with Crippen LogP contribution in [-0.2, 0) is 12.8 Å². The molecule has 0 fully saturated rings. The van der Waals surface area contributed by atoms with E-state index in [1.165, 1.54) is 231 Å². The molecule has 13 aromatic carbocycles. The fraction of sp³-hybridized carbons (Fsp3) is 0.170.